The summed E-state index contributed by atoms with van der Waals surface area (Å²) in [6, 6.07) is 0.385. The zero-order valence-corrected chi connectivity index (χ0v) is 11.2. The lowest BCUT2D eigenvalue weighted by Gasteiger charge is -2.23. The van der Waals surface area contributed by atoms with Gasteiger partial charge in [-0.2, -0.15) is 15.0 Å². The van der Waals surface area contributed by atoms with Gasteiger partial charge in [-0.1, -0.05) is 12.8 Å². The molecule has 1 aliphatic carbocycles. The first-order valence-corrected chi connectivity index (χ1v) is 6.53. The zero-order valence-electron chi connectivity index (χ0n) is 10.4. The van der Waals surface area contributed by atoms with Gasteiger partial charge in [-0.25, -0.2) is 0 Å². The van der Waals surface area contributed by atoms with E-state index in [0.29, 0.717) is 18.4 Å². The van der Waals surface area contributed by atoms with E-state index in [1.165, 1.54) is 32.8 Å². The Morgan fingerprint density at radius 3 is 2.72 bits per heavy atom. The molecule has 0 bridgehead atoms. The molecule has 0 aliphatic heterocycles. The van der Waals surface area contributed by atoms with Crippen molar-refractivity contribution >= 4 is 17.5 Å². The van der Waals surface area contributed by atoms with Crippen molar-refractivity contribution in [3.63, 3.8) is 0 Å². The van der Waals surface area contributed by atoms with Crippen LogP contribution >= 0.6 is 11.6 Å². The Morgan fingerprint density at radius 2 is 2.11 bits per heavy atom. The number of aromatic nitrogens is 3. The summed E-state index contributed by atoms with van der Waals surface area (Å²) >= 11 is 5.80. The van der Waals surface area contributed by atoms with Crippen molar-refractivity contribution in [2.45, 2.75) is 31.7 Å². The molecule has 2 rings (SSSR count). The molecule has 7 heteroatoms. The van der Waals surface area contributed by atoms with Crippen LogP contribution in [-0.4, -0.2) is 34.6 Å². The minimum Gasteiger partial charge on any atom is -0.467 e. The highest BCUT2D eigenvalue weighted by molar-refractivity contribution is 6.28. The van der Waals surface area contributed by atoms with E-state index in [1.807, 2.05) is 0 Å². The quantitative estimate of drug-likeness (QED) is 0.843. The number of methoxy groups -OCH3 is 1. The third-order valence-corrected chi connectivity index (χ3v) is 3.48. The second-order valence-electron chi connectivity index (χ2n) is 4.45. The first-order chi connectivity index (χ1) is 8.72. The highest BCUT2D eigenvalue weighted by Crippen LogP contribution is 2.28. The summed E-state index contributed by atoms with van der Waals surface area (Å²) in [6.07, 6.45) is 4.93. The smallest absolute Gasteiger partial charge is 0.322 e. The Balaban J connectivity index is 2.08. The van der Waals surface area contributed by atoms with Gasteiger partial charge in [0.05, 0.1) is 7.11 Å². The fraction of sp³-hybridized carbons (Fsp3) is 0.727. The van der Waals surface area contributed by atoms with Gasteiger partial charge in [0.1, 0.15) is 0 Å². The van der Waals surface area contributed by atoms with E-state index in [4.69, 9.17) is 22.1 Å². The van der Waals surface area contributed by atoms with Gasteiger partial charge in [0.25, 0.3) is 0 Å². The van der Waals surface area contributed by atoms with Crippen molar-refractivity contribution in [3.05, 3.63) is 5.28 Å². The van der Waals surface area contributed by atoms with Crippen LogP contribution in [0.15, 0.2) is 0 Å². The molecule has 1 aliphatic rings. The summed E-state index contributed by atoms with van der Waals surface area (Å²) in [7, 11) is 1.49. The van der Waals surface area contributed by atoms with Crippen molar-refractivity contribution in [2.24, 2.45) is 11.7 Å². The topological polar surface area (TPSA) is 86.0 Å². The summed E-state index contributed by atoms with van der Waals surface area (Å²) in [6.45, 7) is 0.552. The van der Waals surface area contributed by atoms with Crippen LogP contribution in [0.2, 0.25) is 5.28 Å². The van der Waals surface area contributed by atoms with Crippen molar-refractivity contribution in [1.29, 1.82) is 0 Å². The van der Waals surface area contributed by atoms with E-state index in [1.54, 1.807) is 0 Å². The van der Waals surface area contributed by atoms with Crippen LogP contribution in [0.4, 0.5) is 5.95 Å². The lowest BCUT2D eigenvalue weighted by molar-refractivity contribution is 0.378. The molecule has 0 saturated heterocycles. The molecule has 100 valence electrons. The molecule has 3 N–H and O–H groups in total. The van der Waals surface area contributed by atoms with Gasteiger partial charge in [-0.15, -0.1) is 0 Å². The third-order valence-electron chi connectivity index (χ3n) is 3.31. The van der Waals surface area contributed by atoms with Gasteiger partial charge in [0.15, 0.2) is 0 Å². The normalized spacial score (nSPS) is 17.7. The summed E-state index contributed by atoms with van der Waals surface area (Å²) in [5, 5.41) is 3.35. The Morgan fingerprint density at radius 1 is 1.39 bits per heavy atom. The van der Waals surface area contributed by atoms with Crippen LogP contribution in [0.5, 0.6) is 6.01 Å². The Bertz CT molecular complexity index is 397. The molecule has 6 nitrogen and oxygen atoms in total. The number of nitrogens with zero attached hydrogens (tertiary/aromatic N) is 3. The molecule has 0 spiro atoms. The molecule has 0 amide bonds. The summed E-state index contributed by atoms with van der Waals surface area (Å²) < 4.78 is 4.96. The standard InChI is InChI=1S/C11H18ClN5O/c1-18-11-16-9(12)15-10(17-11)14-8(6-13)7-4-2-3-5-7/h7-8H,2-6,13H2,1H3,(H,14,15,16,17). The molecule has 18 heavy (non-hydrogen) atoms. The minimum absolute atomic E-state index is 0.117. The Hall–Kier alpha value is -1.14. The van der Waals surface area contributed by atoms with Crippen molar-refractivity contribution < 1.29 is 4.74 Å². The highest BCUT2D eigenvalue weighted by atomic mass is 35.5. The molecular weight excluding hydrogens is 254 g/mol. The largest absolute Gasteiger partial charge is 0.467 e. The Kier molecular flexibility index (Phi) is 4.54. The van der Waals surface area contributed by atoms with E-state index in [9.17, 15) is 0 Å². The monoisotopic (exact) mass is 271 g/mol. The van der Waals surface area contributed by atoms with Gasteiger partial charge in [0.2, 0.25) is 11.2 Å². The average molecular weight is 272 g/mol. The van der Waals surface area contributed by atoms with Crippen LogP contribution in [0, 0.1) is 5.92 Å². The molecular formula is C11H18ClN5O. The maximum atomic E-state index is 5.81. The maximum absolute atomic E-state index is 5.81. The van der Waals surface area contributed by atoms with Gasteiger partial charge in [-0.05, 0) is 30.4 Å². The van der Waals surface area contributed by atoms with Crippen LogP contribution in [0.3, 0.4) is 0 Å². The van der Waals surface area contributed by atoms with Crippen molar-refractivity contribution in [1.82, 2.24) is 15.0 Å². The average Bonchev–Trinajstić information content (AvgIpc) is 2.89. The lowest BCUT2D eigenvalue weighted by atomic mass is 9.98. The minimum atomic E-state index is 0.117. The van der Waals surface area contributed by atoms with E-state index < -0.39 is 0 Å². The SMILES string of the molecule is COc1nc(Cl)nc(NC(CN)C2CCCC2)n1. The number of halogens is 1. The molecule has 0 aromatic carbocycles. The number of anilines is 1. The summed E-state index contributed by atoms with van der Waals surface area (Å²) in [5.41, 5.74) is 5.81. The molecule has 1 fully saturated rings. The van der Waals surface area contributed by atoms with Gasteiger partial charge in [-0.3, -0.25) is 0 Å². The van der Waals surface area contributed by atoms with E-state index in [0.717, 1.165) is 0 Å². The van der Waals surface area contributed by atoms with Crippen LogP contribution in [0.25, 0.3) is 0 Å². The number of rotatable bonds is 5. The van der Waals surface area contributed by atoms with Crippen molar-refractivity contribution in [3.8, 4) is 6.01 Å². The first-order valence-electron chi connectivity index (χ1n) is 6.15. The van der Waals surface area contributed by atoms with Gasteiger partial charge < -0.3 is 15.8 Å². The number of hydrogen-bond donors (Lipinski definition) is 2. The first kappa shape index (κ1) is 13.3. The Labute approximate surface area is 111 Å². The number of hydrogen-bond acceptors (Lipinski definition) is 6. The fourth-order valence-corrected chi connectivity index (χ4v) is 2.53. The van der Waals surface area contributed by atoms with E-state index in [-0.39, 0.29) is 17.3 Å². The van der Waals surface area contributed by atoms with E-state index >= 15 is 0 Å². The second kappa shape index (κ2) is 6.15. The number of nitrogens with one attached hydrogen (secondary N) is 1. The predicted octanol–water partition coefficient (Wildman–Crippen LogP) is 1.46. The van der Waals surface area contributed by atoms with Crippen LogP contribution < -0.4 is 15.8 Å². The van der Waals surface area contributed by atoms with Crippen LogP contribution in [0.1, 0.15) is 25.7 Å². The summed E-state index contributed by atoms with van der Waals surface area (Å²) in [5.74, 6) is 1.01. The molecule has 1 aromatic rings. The molecule has 1 unspecified atom stereocenters. The fourth-order valence-electron chi connectivity index (χ4n) is 2.38. The molecule has 1 saturated carbocycles. The van der Waals surface area contributed by atoms with Gasteiger partial charge >= 0.3 is 6.01 Å². The zero-order chi connectivity index (χ0) is 13.0. The van der Waals surface area contributed by atoms with Crippen molar-refractivity contribution in [2.75, 3.05) is 19.0 Å². The maximum Gasteiger partial charge on any atom is 0.322 e. The second-order valence-corrected chi connectivity index (χ2v) is 4.78. The van der Waals surface area contributed by atoms with E-state index in [2.05, 4.69) is 20.3 Å². The molecule has 1 aromatic heterocycles. The number of nitrogens with two attached hydrogens (primary N) is 1. The third kappa shape index (κ3) is 3.20. The molecule has 1 atom stereocenters. The molecule has 1 heterocycles. The number of ether oxygens (including phenoxy) is 1. The lowest BCUT2D eigenvalue weighted by Crippen LogP contribution is -2.35. The molecule has 0 radical (unpaired) electrons. The summed E-state index contributed by atoms with van der Waals surface area (Å²) in [4.78, 5) is 12.0. The highest BCUT2D eigenvalue weighted by Gasteiger charge is 2.24. The predicted molar refractivity (Wildman–Crippen MR) is 69.8 cm³/mol. The van der Waals surface area contributed by atoms with Crippen LogP contribution in [-0.2, 0) is 0 Å². The van der Waals surface area contributed by atoms with Gasteiger partial charge in [0, 0.05) is 12.6 Å².